The fourth-order valence-corrected chi connectivity index (χ4v) is 3.48. The normalized spacial score (nSPS) is 13.5. The molecular weight excluding hydrogens is 384 g/mol. The molecule has 0 bridgehead atoms. The first-order valence-electron chi connectivity index (χ1n) is 10.3. The van der Waals surface area contributed by atoms with Crippen LogP contribution >= 0.6 is 0 Å². The monoisotopic (exact) mass is 412 g/mol. The van der Waals surface area contributed by atoms with E-state index in [1.54, 1.807) is 24.3 Å². The van der Waals surface area contributed by atoms with Crippen molar-refractivity contribution in [3.8, 4) is 0 Å². The Morgan fingerprint density at radius 3 is 2.10 bits per heavy atom. The number of hydrogen-bond donors (Lipinski definition) is 0. The molecule has 0 aliphatic carbocycles. The van der Waals surface area contributed by atoms with E-state index in [-0.39, 0.29) is 37.2 Å². The lowest BCUT2D eigenvalue weighted by atomic mass is 10.1. The maximum Gasteiger partial charge on any atom is 0.261 e. The molecule has 0 radical (unpaired) electrons. The lowest BCUT2D eigenvalue weighted by Crippen LogP contribution is -2.39. The van der Waals surface area contributed by atoms with E-state index in [0.29, 0.717) is 41.9 Å². The number of imide groups is 1. The number of amides is 3. The highest BCUT2D eigenvalue weighted by Crippen LogP contribution is 2.22. The molecule has 3 amide bonds. The van der Waals surface area contributed by atoms with Gasteiger partial charge in [0.2, 0.25) is 5.91 Å². The Morgan fingerprint density at radius 1 is 1.00 bits per heavy atom. The fraction of sp³-hybridized carbons (Fsp3) is 0.524. The Labute approximate surface area is 176 Å². The minimum Gasteiger partial charge on any atom is -0.341 e. The summed E-state index contributed by atoms with van der Waals surface area (Å²) in [4.78, 5) is 41.8. The summed E-state index contributed by atoms with van der Waals surface area (Å²) < 4.78 is 0. The maximum absolute atomic E-state index is 12.7. The summed E-state index contributed by atoms with van der Waals surface area (Å²) in [5, 5.41) is 12.2. The number of carbonyl (C=O) groups is 3. The van der Waals surface area contributed by atoms with Crippen molar-refractivity contribution in [3.05, 3.63) is 41.2 Å². The summed E-state index contributed by atoms with van der Waals surface area (Å²) in [5.74, 6) is 0.450. The molecule has 3 rings (SSSR count). The number of nitrogens with zero attached hydrogens (tertiary/aromatic N) is 6. The zero-order chi connectivity index (χ0) is 21.8. The van der Waals surface area contributed by atoms with Crippen LogP contribution in [-0.2, 0) is 17.8 Å². The largest absolute Gasteiger partial charge is 0.341 e. The molecule has 1 aliphatic rings. The van der Waals surface area contributed by atoms with Gasteiger partial charge in [0.1, 0.15) is 6.54 Å². The van der Waals surface area contributed by atoms with E-state index >= 15 is 0 Å². The number of rotatable bonds is 9. The molecular formula is C21H28N6O3. The van der Waals surface area contributed by atoms with Crippen LogP contribution in [0, 0.1) is 11.8 Å². The summed E-state index contributed by atoms with van der Waals surface area (Å²) >= 11 is 0. The maximum atomic E-state index is 12.7. The zero-order valence-corrected chi connectivity index (χ0v) is 17.9. The zero-order valence-electron chi connectivity index (χ0n) is 17.9. The molecule has 0 atom stereocenters. The van der Waals surface area contributed by atoms with Crippen LogP contribution in [0.15, 0.2) is 24.3 Å². The van der Waals surface area contributed by atoms with Crippen LogP contribution in [-0.4, -0.2) is 67.4 Å². The summed E-state index contributed by atoms with van der Waals surface area (Å²) in [5.41, 5.74) is 0.834. The van der Waals surface area contributed by atoms with E-state index in [0.717, 1.165) is 0 Å². The third-order valence-electron chi connectivity index (χ3n) is 4.73. The number of fused-ring (bicyclic) bond motifs is 1. The van der Waals surface area contributed by atoms with Crippen LogP contribution < -0.4 is 0 Å². The third-order valence-corrected chi connectivity index (χ3v) is 4.73. The van der Waals surface area contributed by atoms with Crippen LogP contribution in [0.25, 0.3) is 0 Å². The summed E-state index contributed by atoms with van der Waals surface area (Å²) in [6.45, 7) is 9.84. The van der Waals surface area contributed by atoms with Crippen molar-refractivity contribution in [1.29, 1.82) is 0 Å². The van der Waals surface area contributed by atoms with E-state index < -0.39 is 0 Å². The first-order chi connectivity index (χ1) is 14.3. The first-order valence-corrected chi connectivity index (χ1v) is 10.3. The molecule has 1 aromatic heterocycles. The predicted molar refractivity (Wildman–Crippen MR) is 110 cm³/mol. The van der Waals surface area contributed by atoms with Gasteiger partial charge in [-0.2, -0.15) is 4.80 Å². The van der Waals surface area contributed by atoms with Crippen LogP contribution in [0.2, 0.25) is 0 Å². The van der Waals surface area contributed by atoms with E-state index in [1.165, 1.54) is 9.70 Å². The van der Waals surface area contributed by atoms with Crippen molar-refractivity contribution in [2.24, 2.45) is 11.8 Å². The standard InChI is InChI=1S/C21H28N6O3/c1-14(2)11-25(12-15(3)4)19(28)13-27-23-18(22-24-27)9-10-26-20(29)16-7-5-6-8-17(16)21(26)30/h5-8,14-15H,9-13H2,1-4H3. The third kappa shape index (κ3) is 4.90. The molecule has 1 aromatic carbocycles. The van der Waals surface area contributed by atoms with Crippen molar-refractivity contribution >= 4 is 17.7 Å². The predicted octanol–water partition coefficient (Wildman–Crippen LogP) is 1.65. The number of benzene rings is 1. The Kier molecular flexibility index (Phi) is 6.59. The first kappa shape index (κ1) is 21.6. The quantitative estimate of drug-likeness (QED) is 0.581. The highest BCUT2D eigenvalue weighted by Gasteiger charge is 2.34. The van der Waals surface area contributed by atoms with Crippen molar-refractivity contribution in [1.82, 2.24) is 30.0 Å². The minimum atomic E-state index is -0.309. The van der Waals surface area contributed by atoms with Gasteiger partial charge in [-0.15, -0.1) is 10.2 Å². The fourth-order valence-electron chi connectivity index (χ4n) is 3.48. The number of tetrazole rings is 1. The summed E-state index contributed by atoms with van der Waals surface area (Å²) in [6, 6.07) is 6.77. The summed E-state index contributed by atoms with van der Waals surface area (Å²) in [6.07, 6.45) is 0.279. The van der Waals surface area contributed by atoms with Gasteiger partial charge in [0.05, 0.1) is 11.1 Å². The molecule has 0 fully saturated rings. The Bertz CT molecular complexity index is 891. The van der Waals surface area contributed by atoms with E-state index in [9.17, 15) is 14.4 Å². The molecule has 0 spiro atoms. The highest BCUT2D eigenvalue weighted by atomic mass is 16.2. The molecule has 1 aliphatic heterocycles. The van der Waals surface area contributed by atoms with Crippen LogP contribution in [0.3, 0.4) is 0 Å². The van der Waals surface area contributed by atoms with Crippen molar-refractivity contribution < 1.29 is 14.4 Å². The number of aromatic nitrogens is 4. The van der Waals surface area contributed by atoms with Gasteiger partial charge in [0, 0.05) is 26.1 Å². The lowest BCUT2D eigenvalue weighted by Gasteiger charge is -2.26. The van der Waals surface area contributed by atoms with Crippen molar-refractivity contribution in [3.63, 3.8) is 0 Å². The van der Waals surface area contributed by atoms with Gasteiger partial charge in [-0.05, 0) is 29.2 Å². The molecule has 9 nitrogen and oxygen atoms in total. The van der Waals surface area contributed by atoms with Crippen LogP contribution in [0.5, 0.6) is 0 Å². The second-order valence-corrected chi connectivity index (χ2v) is 8.38. The van der Waals surface area contributed by atoms with Gasteiger partial charge in [0.15, 0.2) is 5.82 Å². The van der Waals surface area contributed by atoms with Crippen LogP contribution in [0.4, 0.5) is 0 Å². The van der Waals surface area contributed by atoms with Gasteiger partial charge >= 0.3 is 0 Å². The lowest BCUT2D eigenvalue weighted by molar-refractivity contribution is -0.133. The average Bonchev–Trinajstić information content (AvgIpc) is 3.22. The smallest absolute Gasteiger partial charge is 0.261 e. The van der Waals surface area contributed by atoms with E-state index in [4.69, 9.17) is 0 Å². The number of hydrogen-bond acceptors (Lipinski definition) is 6. The molecule has 0 unspecified atom stereocenters. The van der Waals surface area contributed by atoms with Gasteiger partial charge in [-0.25, -0.2) is 0 Å². The van der Waals surface area contributed by atoms with E-state index in [2.05, 4.69) is 43.1 Å². The van der Waals surface area contributed by atoms with Crippen molar-refractivity contribution in [2.75, 3.05) is 19.6 Å². The Morgan fingerprint density at radius 2 is 1.57 bits per heavy atom. The molecule has 2 aromatic rings. The average molecular weight is 412 g/mol. The van der Waals surface area contributed by atoms with Crippen LogP contribution in [0.1, 0.15) is 54.2 Å². The molecule has 2 heterocycles. The molecule has 0 saturated heterocycles. The molecule has 30 heavy (non-hydrogen) atoms. The SMILES string of the molecule is CC(C)CN(CC(C)C)C(=O)Cn1nnc(CCN2C(=O)c3ccccc3C2=O)n1. The Hall–Kier alpha value is -3.10. The Balaban J connectivity index is 1.58. The topological polar surface area (TPSA) is 101 Å². The molecule has 160 valence electrons. The molecule has 9 heteroatoms. The van der Waals surface area contributed by atoms with Crippen molar-refractivity contribution in [2.45, 2.75) is 40.7 Å². The van der Waals surface area contributed by atoms with Gasteiger partial charge in [-0.1, -0.05) is 39.8 Å². The van der Waals surface area contributed by atoms with Gasteiger partial charge in [0.25, 0.3) is 11.8 Å². The highest BCUT2D eigenvalue weighted by molar-refractivity contribution is 6.21. The second-order valence-electron chi connectivity index (χ2n) is 8.38. The van der Waals surface area contributed by atoms with Gasteiger partial charge < -0.3 is 4.90 Å². The van der Waals surface area contributed by atoms with E-state index in [1.807, 2.05) is 4.90 Å². The summed E-state index contributed by atoms with van der Waals surface area (Å²) in [7, 11) is 0. The minimum absolute atomic E-state index is 0.0133. The number of carbonyl (C=O) groups excluding carboxylic acids is 3. The second kappa shape index (κ2) is 9.15. The van der Waals surface area contributed by atoms with Gasteiger partial charge in [-0.3, -0.25) is 19.3 Å². The molecule has 0 saturated carbocycles. The molecule has 0 N–H and O–H groups in total.